The Balaban J connectivity index is 1.59. The molecule has 4 rings (SSSR count). The Morgan fingerprint density at radius 3 is 2.56 bits per heavy atom. The molecule has 0 bridgehead atoms. The summed E-state index contributed by atoms with van der Waals surface area (Å²) in [5.41, 5.74) is 0. The highest BCUT2D eigenvalue weighted by Crippen LogP contribution is 2.35. The molecule has 140 valence electrons. The van der Waals surface area contributed by atoms with Gasteiger partial charge in [-0.25, -0.2) is 4.98 Å². The third-order valence-electron chi connectivity index (χ3n) is 4.85. The monoisotopic (exact) mass is 367 g/mol. The summed E-state index contributed by atoms with van der Waals surface area (Å²) in [5.74, 6) is 2.64. The van der Waals surface area contributed by atoms with Crippen LogP contribution in [0.5, 0.6) is 11.5 Å². The first-order valence-electron chi connectivity index (χ1n) is 8.79. The van der Waals surface area contributed by atoms with Crippen LogP contribution in [0.25, 0.3) is 10.8 Å². The second kappa shape index (κ2) is 7.19. The molecule has 1 amide bonds. The number of furan rings is 1. The van der Waals surface area contributed by atoms with Gasteiger partial charge in [0.15, 0.2) is 5.76 Å². The summed E-state index contributed by atoms with van der Waals surface area (Å²) in [4.78, 5) is 21.0. The maximum Gasteiger partial charge on any atom is 0.289 e. The number of methoxy groups -OCH3 is 2. The van der Waals surface area contributed by atoms with E-state index in [1.807, 2.05) is 23.1 Å². The van der Waals surface area contributed by atoms with E-state index in [4.69, 9.17) is 13.9 Å². The normalized spacial score (nSPS) is 14.4. The van der Waals surface area contributed by atoms with Crippen LogP contribution < -0.4 is 14.4 Å². The van der Waals surface area contributed by atoms with Crippen LogP contribution in [0, 0.1) is 0 Å². The number of nitrogens with zero attached hydrogens (tertiary/aromatic N) is 3. The van der Waals surface area contributed by atoms with Gasteiger partial charge in [0.1, 0.15) is 17.3 Å². The molecule has 0 unspecified atom stereocenters. The van der Waals surface area contributed by atoms with Crippen molar-refractivity contribution in [2.45, 2.75) is 0 Å². The topological polar surface area (TPSA) is 68.0 Å². The predicted molar refractivity (Wildman–Crippen MR) is 102 cm³/mol. The largest absolute Gasteiger partial charge is 0.497 e. The van der Waals surface area contributed by atoms with E-state index in [2.05, 4.69) is 9.88 Å². The van der Waals surface area contributed by atoms with Crippen molar-refractivity contribution in [2.75, 3.05) is 45.3 Å². The van der Waals surface area contributed by atoms with Gasteiger partial charge in [0.25, 0.3) is 5.91 Å². The Bertz CT molecular complexity index is 947. The highest BCUT2D eigenvalue weighted by atomic mass is 16.5. The molecule has 7 nitrogen and oxygen atoms in total. The summed E-state index contributed by atoms with van der Waals surface area (Å²) in [6.45, 7) is 2.60. The molecule has 27 heavy (non-hydrogen) atoms. The van der Waals surface area contributed by atoms with Gasteiger partial charge in [0.05, 0.1) is 20.5 Å². The minimum absolute atomic E-state index is 0.0751. The molecule has 1 aliphatic rings. The maximum absolute atomic E-state index is 12.4. The van der Waals surface area contributed by atoms with E-state index in [1.165, 1.54) is 6.26 Å². The predicted octanol–water partition coefficient (Wildman–Crippen LogP) is 2.81. The lowest BCUT2D eigenvalue weighted by Crippen LogP contribution is -2.49. The lowest BCUT2D eigenvalue weighted by atomic mass is 10.1. The lowest BCUT2D eigenvalue weighted by Gasteiger charge is -2.35. The Hall–Kier alpha value is -3.22. The first-order chi connectivity index (χ1) is 13.2. The van der Waals surface area contributed by atoms with Gasteiger partial charge in [-0.2, -0.15) is 0 Å². The third kappa shape index (κ3) is 3.16. The number of benzene rings is 1. The summed E-state index contributed by atoms with van der Waals surface area (Å²) in [6.07, 6.45) is 3.30. The van der Waals surface area contributed by atoms with Crippen LogP contribution in [0.3, 0.4) is 0 Å². The molecule has 3 aromatic rings. The second-order valence-electron chi connectivity index (χ2n) is 6.32. The van der Waals surface area contributed by atoms with Crippen molar-refractivity contribution < 1.29 is 18.7 Å². The first-order valence-corrected chi connectivity index (χ1v) is 8.79. The average molecular weight is 367 g/mol. The molecule has 1 saturated heterocycles. The van der Waals surface area contributed by atoms with Crippen LogP contribution in [0.4, 0.5) is 5.82 Å². The SMILES string of the molecule is COc1cc(OC)c2ccnc(N3CCN(C(=O)c4ccco4)CC3)c2c1. The molecule has 0 N–H and O–H groups in total. The average Bonchev–Trinajstić information content (AvgIpc) is 3.27. The van der Waals surface area contributed by atoms with Crippen LogP contribution in [-0.2, 0) is 0 Å². The van der Waals surface area contributed by atoms with E-state index in [-0.39, 0.29) is 5.91 Å². The molecule has 3 heterocycles. The van der Waals surface area contributed by atoms with Gasteiger partial charge in [-0.05, 0) is 24.3 Å². The smallest absolute Gasteiger partial charge is 0.289 e. The Morgan fingerprint density at radius 2 is 1.89 bits per heavy atom. The minimum atomic E-state index is -0.0751. The van der Waals surface area contributed by atoms with E-state index in [0.29, 0.717) is 31.9 Å². The van der Waals surface area contributed by atoms with Crippen LogP contribution in [0.1, 0.15) is 10.6 Å². The molecule has 0 atom stereocenters. The number of hydrogen-bond acceptors (Lipinski definition) is 6. The maximum atomic E-state index is 12.4. The number of carbonyl (C=O) groups is 1. The molecule has 2 aromatic heterocycles. The van der Waals surface area contributed by atoms with Crippen molar-refractivity contribution in [1.29, 1.82) is 0 Å². The van der Waals surface area contributed by atoms with Crippen molar-refractivity contribution in [3.05, 3.63) is 48.6 Å². The first kappa shape index (κ1) is 17.2. The fourth-order valence-electron chi connectivity index (χ4n) is 3.43. The molecule has 7 heteroatoms. The molecule has 0 aliphatic carbocycles. The van der Waals surface area contributed by atoms with Crippen LogP contribution in [0.2, 0.25) is 0 Å². The van der Waals surface area contributed by atoms with Gasteiger partial charge >= 0.3 is 0 Å². The van der Waals surface area contributed by atoms with Gasteiger partial charge in [-0.3, -0.25) is 4.79 Å². The number of anilines is 1. The van der Waals surface area contributed by atoms with E-state index < -0.39 is 0 Å². The van der Waals surface area contributed by atoms with E-state index in [9.17, 15) is 4.79 Å². The third-order valence-corrected chi connectivity index (χ3v) is 4.85. The Morgan fingerprint density at radius 1 is 1.07 bits per heavy atom. The van der Waals surface area contributed by atoms with Crippen LogP contribution in [-0.4, -0.2) is 56.2 Å². The number of carbonyl (C=O) groups excluding carboxylic acids is 1. The van der Waals surface area contributed by atoms with Crippen molar-refractivity contribution in [3.63, 3.8) is 0 Å². The lowest BCUT2D eigenvalue weighted by molar-refractivity contribution is 0.0714. The fraction of sp³-hybridized carbons (Fsp3) is 0.300. The van der Waals surface area contributed by atoms with Gasteiger partial charge in [0, 0.05) is 49.2 Å². The number of amides is 1. The van der Waals surface area contributed by atoms with Crippen LogP contribution >= 0.6 is 0 Å². The number of fused-ring (bicyclic) bond motifs is 1. The summed E-state index contributed by atoms with van der Waals surface area (Å²) in [7, 11) is 3.28. The number of hydrogen-bond donors (Lipinski definition) is 0. The van der Waals surface area contributed by atoms with Gasteiger partial charge in [-0.1, -0.05) is 0 Å². The zero-order valence-corrected chi connectivity index (χ0v) is 15.3. The van der Waals surface area contributed by atoms with E-state index in [0.717, 1.165) is 28.1 Å². The molecule has 1 aromatic carbocycles. The molecular formula is C20H21N3O4. The van der Waals surface area contributed by atoms with E-state index >= 15 is 0 Å². The zero-order chi connectivity index (χ0) is 18.8. The van der Waals surface area contributed by atoms with Crippen LogP contribution in [0.15, 0.2) is 47.2 Å². The number of rotatable bonds is 4. The minimum Gasteiger partial charge on any atom is -0.497 e. The number of ether oxygens (including phenoxy) is 2. The quantitative estimate of drug-likeness (QED) is 0.706. The molecular weight excluding hydrogens is 346 g/mol. The Labute approximate surface area is 157 Å². The van der Waals surface area contributed by atoms with Gasteiger partial charge in [0.2, 0.25) is 0 Å². The molecule has 1 fully saturated rings. The Kier molecular flexibility index (Phi) is 4.58. The zero-order valence-electron chi connectivity index (χ0n) is 15.3. The molecule has 0 spiro atoms. The van der Waals surface area contributed by atoms with E-state index in [1.54, 1.807) is 32.5 Å². The highest BCUT2D eigenvalue weighted by Gasteiger charge is 2.25. The molecule has 1 aliphatic heterocycles. The number of aromatic nitrogens is 1. The number of pyridine rings is 1. The van der Waals surface area contributed by atoms with Crippen molar-refractivity contribution in [3.8, 4) is 11.5 Å². The van der Waals surface area contributed by atoms with Gasteiger partial charge in [-0.15, -0.1) is 0 Å². The summed E-state index contributed by atoms with van der Waals surface area (Å²) < 4.78 is 16.1. The number of piperazine rings is 1. The fourth-order valence-corrected chi connectivity index (χ4v) is 3.43. The summed E-state index contributed by atoms with van der Waals surface area (Å²) >= 11 is 0. The van der Waals surface area contributed by atoms with Crippen molar-refractivity contribution in [1.82, 2.24) is 9.88 Å². The van der Waals surface area contributed by atoms with Gasteiger partial charge < -0.3 is 23.7 Å². The highest BCUT2D eigenvalue weighted by molar-refractivity contribution is 5.97. The molecule has 0 saturated carbocycles. The van der Waals surface area contributed by atoms with Crippen molar-refractivity contribution in [2.24, 2.45) is 0 Å². The summed E-state index contributed by atoms with van der Waals surface area (Å²) in [6, 6.07) is 9.20. The standard InChI is InChI=1S/C20H21N3O4/c1-25-14-12-16-15(18(13-14)26-2)5-6-21-19(16)22-7-9-23(10-8-22)20(24)17-4-3-11-27-17/h3-6,11-13H,7-10H2,1-2H3. The summed E-state index contributed by atoms with van der Waals surface area (Å²) in [5, 5.41) is 1.96. The second-order valence-corrected chi connectivity index (χ2v) is 6.32. The van der Waals surface area contributed by atoms with Crippen molar-refractivity contribution >= 4 is 22.5 Å². The molecule has 0 radical (unpaired) electrons.